The first-order valence-electron chi connectivity index (χ1n) is 31.5. The molecule has 4 saturated heterocycles. The molecule has 4 heterocycles. The van der Waals surface area contributed by atoms with Crippen LogP contribution in [-0.2, 0) is 24.1 Å². The Bertz CT molecular complexity index is 1890. The summed E-state index contributed by atoms with van der Waals surface area (Å²) < 4.78 is 5.25. The Balaban J connectivity index is 0.000000462. The molecule has 0 radical (unpaired) electrons. The Kier molecular flexibility index (Phi) is 34.5. The zero-order chi connectivity index (χ0) is 60.1. The lowest BCUT2D eigenvalue weighted by atomic mass is 9.86. The van der Waals surface area contributed by atoms with Gasteiger partial charge in [0.1, 0.15) is 0 Å². The summed E-state index contributed by atoms with van der Waals surface area (Å²) in [5, 5.41) is 0. The van der Waals surface area contributed by atoms with Gasteiger partial charge >= 0.3 is 0 Å². The fourth-order valence-electron chi connectivity index (χ4n) is 10.2. The van der Waals surface area contributed by atoms with E-state index in [1.165, 1.54) is 130 Å². The molecule has 3 aromatic rings. The lowest BCUT2D eigenvalue weighted by molar-refractivity contribution is -0.00389. The molecular formula is C72H131N5OS. The number of likely N-dealkylation sites (tertiary alicyclic amines) is 2. The highest BCUT2D eigenvalue weighted by Gasteiger charge is 2.25. The van der Waals surface area contributed by atoms with Crippen LogP contribution in [-0.4, -0.2) is 136 Å². The molecule has 0 amide bonds. The summed E-state index contributed by atoms with van der Waals surface area (Å²) in [4.78, 5) is 12.7. The van der Waals surface area contributed by atoms with Crippen molar-refractivity contribution in [2.24, 2.45) is 10.8 Å². The number of rotatable bonds is 5. The molecule has 0 saturated carbocycles. The van der Waals surface area contributed by atoms with Crippen molar-refractivity contribution in [1.82, 2.24) is 24.5 Å². The van der Waals surface area contributed by atoms with E-state index in [0.717, 1.165) is 45.8 Å². The maximum atomic E-state index is 5.25. The Morgan fingerprint density at radius 1 is 0.430 bits per heavy atom. The highest BCUT2D eigenvalue weighted by molar-refractivity contribution is 7.99. The fourth-order valence-corrected chi connectivity index (χ4v) is 11.1. The number of hydrogen-bond donors (Lipinski definition) is 0. The minimum absolute atomic E-state index is 0.255. The van der Waals surface area contributed by atoms with E-state index in [1.807, 2.05) is 0 Å². The van der Waals surface area contributed by atoms with Gasteiger partial charge in [0.2, 0.25) is 0 Å². The second-order valence-electron chi connectivity index (χ2n) is 30.4. The minimum Gasteiger partial charge on any atom is -0.379 e. The summed E-state index contributed by atoms with van der Waals surface area (Å²) in [7, 11) is 0. The number of nitrogens with zero attached hydrogens (tertiary/aromatic N) is 5. The predicted octanol–water partition coefficient (Wildman–Crippen LogP) is 18.4. The third-order valence-electron chi connectivity index (χ3n) is 15.1. The van der Waals surface area contributed by atoms with Crippen molar-refractivity contribution < 1.29 is 4.74 Å². The van der Waals surface area contributed by atoms with Crippen molar-refractivity contribution in [2.75, 3.05) is 83.6 Å². The standard InChI is InChI=1S/C13H21N.2C12H18.C10H21N.C9H19N.C8H17NO.C8H17NS/c1-5-14(13(2,3)4)11-12-9-7-6-8-10-12;1-10-6-5-7-11(8-10)9-12(2,3)4;1-10-7-5-6-8-11(10)9-12(2,3)4;1-10(2,3)11-8-6-4-5-7-9-11;1-9(2,3)10-7-5-4-6-8-10;2*1-8(2,3)9-4-6-10-7-5-9/h6-10H,5,11H2,1-4H3;2*5-8H,9H2,1-4H3;4-9H2,1-3H3;4-8H2,1-3H3;2*4-7H2,1-3H3. The van der Waals surface area contributed by atoms with E-state index in [1.54, 1.807) is 0 Å². The van der Waals surface area contributed by atoms with Crippen LogP contribution < -0.4 is 0 Å². The van der Waals surface area contributed by atoms with E-state index in [0.29, 0.717) is 33.0 Å². The summed E-state index contributed by atoms with van der Waals surface area (Å²) in [6, 6.07) is 28.0. The molecule has 0 spiro atoms. The van der Waals surface area contributed by atoms with Crippen LogP contribution in [0.2, 0.25) is 0 Å². The highest BCUT2D eigenvalue weighted by Crippen LogP contribution is 2.25. The molecule has 0 bridgehead atoms. The summed E-state index contributed by atoms with van der Waals surface area (Å²) >= 11 is 2.07. The van der Waals surface area contributed by atoms with Crippen molar-refractivity contribution in [1.29, 1.82) is 0 Å². The van der Waals surface area contributed by atoms with Crippen molar-refractivity contribution in [3.63, 3.8) is 0 Å². The van der Waals surface area contributed by atoms with Crippen LogP contribution >= 0.6 is 11.8 Å². The molecular weight excluding hydrogens is 983 g/mol. The average Bonchev–Trinajstić information content (AvgIpc) is 3.66. The molecule has 0 N–H and O–H groups in total. The quantitative estimate of drug-likeness (QED) is 0.251. The smallest absolute Gasteiger partial charge is 0.0594 e. The van der Waals surface area contributed by atoms with Gasteiger partial charge < -0.3 is 4.74 Å². The number of piperidine rings is 1. The molecule has 3 aromatic carbocycles. The van der Waals surface area contributed by atoms with Gasteiger partial charge in [0.15, 0.2) is 0 Å². The van der Waals surface area contributed by atoms with Crippen molar-refractivity contribution in [2.45, 2.75) is 258 Å². The van der Waals surface area contributed by atoms with Gasteiger partial charge in [-0.1, -0.05) is 152 Å². The minimum atomic E-state index is 0.255. The van der Waals surface area contributed by atoms with Gasteiger partial charge in [-0.15, -0.1) is 0 Å². The zero-order valence-electron chi connectivity index (χ0n) is 56.8. The average molecular weight is 1110 g/mol. The lowest BCUT2D eigenvalue weighted by Crippen LogP contribution is -2.47. The van der Waals surface area contributed by atoms with Gasteiger partial charge in [0.25, 0.3) is 0 Å². The number of ether oxygens (including phenoxy) is 1. The summed E-state index contributed by atoms with van der Waals surface area (Å²) in [6.07, 6.45) is 12.2. The van der Waals surface area contributed by atoms with E-state index >= 15 is 0 Å². The van der Waals surface area contributed by atoms with Crippen LogP contribution in [0.5, 0.6) is 0 Å². The van der Waals surface area contributed by atoms with E-state index in [4.69, 9.17) is 4.74 Å². The first kappa shape index (κ1) is 74.8. The fraction of sp³-hybridized carbons (Fsp3) is 0.750. The first-order valence-corrected chi connectivity index (χ1v) is 32.6. The molecule has 0 aromatic heterocycles. The molecule has 4 aliphatic rings. The number of thioether (sulfide) groups is 1. The maximum absolute atomic E-state index is 5.25. The zero-order valence-corrected chi connectivity index (χ0v) is 57.6. The topological polar surface area (TPSA) is 25.4 Å². The Labute approximate surface area is 497 Å². The summed E-state index contributed by atoms with van der Waals surface area (Å²) in [6.45, 7) is 68.4. The predicted molar refractivity (Wildman–Crippen MR) is 357 cm³/mol. The molecule has 4 aliphatic heterocycles. The highest BCUT2D eigenvalue weighted by atomic mass is 32.2. The monoisotopic (exact) mass is 1110 g/mol. The van der Waals surface area contributed by atoms with E-state index in [9.17, 15) is 0 Å². The van der Waals surface area contributed by atoms with Crippen LogP contribution in [0.1, 0.15) is 225 Å². The molecule has 0 unspecified atom stereocenters. The summed E-state index contributed by atoms with van der Waals surface area (Å²) in [5.74, 6) is 2.63. The molecule has 6 nitrogen and oxygen atoms in total. The number of morpholine rings is 1. The normalized spacial score (nSPS) is 17.7. The van der Waals surface area contributed by atoms with Crippen LogP contribution in [0, 0.1) is 24.7 Å². The van der Waals surface area contributed by atoms with Crippen molar-refractivity contribution in [3.8, 4) is 0 Å². The van der Waals surface area contributed by atoms with Gasteiger partial charge in [-0.05, 0) is 222 Å². The molecule has 4 fully saturated rings. The molecule has 7 heteroatoms. The van der Waals surface area contributed by atoms with Gasteiger partial charge in [0.05, 0.1) is 13.2 Å². The van der Waals surface area contributed by atoms with Gasteiger partial charge in [0, 0.05) is 71.9 Å². The van der Waals surface area contributed by atoms with Crippen LogP contribution in [0.4, 0.5) is 0 Å². The lowest BCUT2D eigenvalue weighted by Gasteiger charge is -2.38. The third kappa shape index (κ3) is 36.9. The van der Waals surface area contributed by atoms with Crippen LogP contribution in [0.3, 0.4) is 0 Å². The third-order valence-corrected chi connectivity index (χ3v) is 16.1. The van der Waals surface area contributed by atoms with Gasteiger partial charge in [-0.2, -0.15) is 11.8 Å². The molecule has 456 valence electrons. The Hall–Kier alpha value is -2.23. The largest absolute Gasteiger partial charge is 0.379 e. The molecule has 7 rings (SSSR count). The van der Waals surface area contributed by atoms with E-state index in [-0.39, 0.29) is 5.54 Å². The van der Waals surface area contributed by atoms with Crippen molar-refractivity contribution in [3.05, 3.63) is 107 Å². The van der Waals surface area contributed by atoms with Crippen LogP contribution in [0.15, 0.2) is 78.9 Å². The number of benzene rings is 3. The SMILES string of the molecule is CC(C)(C)N1CCCCC1.CC(C)(C)N1CCCCCC1.CC(C)(C)N1CCOCC1.CC(C)(C)N1CCSCC1.CCN(Cc1ccccc1)C(C)(C)C.Cc1cccc(CC(C)(C)C)c1.Cc1ccccc1CC(C)(C)C. The van der Waals surface area contributed by atoms with Gasteiger partial charge in [-0.3, -0.25) is 24.5 Å². The number of hydrogen-bond acceptors (Lipinski definition) is 7. The molecule has 0 atom stereocenters. The number of aryl methyl sites for hydroxylation is 2. The Morgan fingerprint density at radius 3 is 1.19 bits per heavy atom. The second-order valence-corrected chi connectivity index (χ2v) is 31.6. The maximum Gasteiger partial charge on any atom is 0.0594 e. The molecule has 79 heavy (non-hydrogen) atoms. The summed E-state index contributed by atoms with van der Waals surface area (Å²) in [5.41, 5.74) is 9.64. The van der Waals surface area contributed by atoms with Crippen molar-refractivity contribution >= 4 is 11.8 Å². The first-order chi connectivity index (χ1) is 36.4. The van der Waals surface area contributed by atoms with Gasteiger partial charge in [-0.25, -0.2) is 0 Å². The second kappa shape index (κ2) is 36.5. The van der Waals surface area contributed by atoms with Crippen LogP contribution in [0.25, 0.3) is 0 Å². The Morgan fingerprint density at radius 2 is 0.823 bits per heavy atom. The van der Waals surface area contributed by atoms with E-state index < -0.39 is 0 Å². The van der Waals surface area contributed by atoms with E-state index in [2.05, 4.69) is 281 Å². The molecule has 0 aliphatic carbocycles.